The van der Waals surface area contributed by atoms with Crippen molar-refractivity contribution in [2.45, 2.75) is 45.6 Å². The van der Waals surface area contributed by atoms with Crippen LogP contribution in [-0.4, -0.2) is 15.8 Å². The zero-order valence-corrected chi connectivity index (χ0v) is 12.3. The van der Waals surface area contributed by atoms with E-state index in [1.54, 1.807) is 0 Å². The summed E-state index contributed by atoms with van der Waals surface area (Å²) in [5.41, 5.74) is 2.83. The first kappa shape index (κ1) is 13.2. The van der Waals surface area contributed by atoms with E-state index < -0.39 is 0 Å². The van der Waals surface area contributed by atoms with Gasteiger partial charge in [-0.1, -0.05) is 19.9 Å². The lowest BCUT2D eigenvalue weighted by Crippen LogP contribution is -2.29. The molecule has 0 unspecified atom stereocenters. The maximum atomic E-state index is 4.28. The van der Waals surface area contributed by atoms with E-state index in [9.17, 15) is 0 Å². The molecule has 106 valence electrons. The average molecular weight is 269 g/mol. The molecule has 0 atom stereocenters. The summed E-state index contributed by atoms with van der Waals surface area (Å²) in [5, 5.41) is 7.96. The van der Waals surface area contributed by atoms with Crippen LogP contribution in [0.15, 0.2) is 42.7 Å². The van der Waals surface area contributed by atoms with E-state index in [1.165, 1.54) is 31.4 Å². The fourth-order valence-corrected chi connectivity index (χ4v) is 2.94. The molecule has 3 nitrogen and oxygen atoms in total. The second-order valence-corrected chi connectivity index (χ2v) is 6.58. The first-order valence-electron chi connectivity index (χ1n) is 7.49. The van der Waals surface area contributed by atoms with Crippen molar-refractivity contribution in [2.24, 2.45) is 5.41 Å². The molecule has 0 radical (unpaired) electrons. The van der Waals surface area contributed by atoms with Crippen molar-refractivity contribution < 1.29 is 0 Å². The van der Waals surface area contributed by atoms with Crippen molar-refractivity contribution in [2.75, 3.05) is 5.32 Å². The third kappa shape index (κ3) is 3.03. The number of aromatic nitrogens is 2. The van der Waals surface area contributed by atoms with Crippen LogP contribution in [0.3, 0.4) is 0 Å². The van der Waals surface area contributed by atoms with Crippen molar-refractivity contribution in [1.29, 1.82) is 0 Å². The zero-order valence-electron chi connectivity index (χ0n) is 12.3. The molecule has 1 saturated carbocycles. The van der Waals surface area contributed by atoms with Gasteiger partial charge in [-0.3, -0.25) is 0 Å². The maximum absolute atomic E-state index is 4.28. The lowest BCUT2D eigenvalue weighted by atomic mass is 9.75. The number of benzene rings is 1. The molecule has 1 aromatic carbocycles. The Hall–Kier alpha value is -1.77. The van der Waals surface area contributed by atoms with Crippen molar-refractivity contribution in [1.82, 2.24) is 9.78 Å². The minimum absolute atomic E-state index is 0.523. The van der Waals surface area contributed by atoms with Crippen LogP contribution < -0.4 is 5.32 Å². The molecule has 0 amide bonds. The molecule has 0 aliphatic heterocycles. The molecule has 0 spiro atoms. The van der Waals surface area contributed by atoms with Crippen LogP contribution in [0.25, 0.3) is 5.69 Å². The standard InChI is InChI=1S/C17H23N3/c1-17(2)9-7-14(8-10-17)19-15-5-3-6-16(13-15)20-12-4-11-18-20/h3-6,11-14,19H,7-10H2,1-2H3. The number of rotatable bonds is 3. The summed E-state index contributed by atoms with van der Waals surface area (Å²) < 4.78 is 1.90. The number of anilines is 1. The number of hydrogen-bond acceptors (Lipinski definition) is 2. The van der Waals surface area contributed by atoms with Gasteiger partial charge < -0.3 is 5.32 Å². The van der Waals surface area contributed by atoms with Crippen LogP contribution in [0.5, 0.6) is 0 Å². The molecule has 3 rings (SSSR count). The van der Waals surface area contributed by atoms with Gasteiger partial charge in [0.1, 0.15) is 0 Å². The van der Waals surface area contributed by atoms with Crippen LogP contribution in [0.4, 0.5) is 5.69 Å². The summed E-state index contributed by atoms with van der Waals surface area (Å²) in [6, 6.07) is 11.0. The van der Waals surface area contributed by atoms with E-state index in [-0.39, 0.29) is 0 Å². The molecule has 20 heavy (non-hydrogen) atoms. The monoisotopic (exact) mass is 269 g/mol. The van der Waals surface area contributed by atoms with Gasteiger partial charge in [-0.25, -0.2) is 4.68 Å². The highest BCUT2D eigenvalue weighted by molar-refractivity contribution is 5.51. The fourth-order valence-electron chi connectivity index (χ4n) is 2.94. The minimum atomic E-state index is 0.523. The Morgan fingerprint density at radius 2 is 2.00 bits per heavy atom. The van der Waals surface area contributed by atoms with Gasteiger partial charge in [-0.05, 0) is 55.4 Å². The lowest BCUT2D eigenvalue weighted by molar-refractivity contribution is 0.232. The molecule has 1 heterocycles. The molecule has 1 aliphatic rings. The van der Waals surface area contributed by atoms with E-state index in [1.807, 2.05) is 23.1 Å². The predicted molar refractivity (Wildman–Crippen MR) is 83.2 cm³/mol. The highest BCUT2D eigenvalue weighted by Crippen LogP contribution is 2.36. The Bertz CT molecular complexity index is 547. The minimum Gasteiger partial charge on any atom is -0.382 e. The smallest absolute Gasteiger partial charge is 0.0666 e. The maximum Gasteiger partial charge on any atom is 0.0666 e. The summed E-state index contributed by atoms with van der Waals surface area (Å²) in [4.78, 5) is 0. The molecule has 1 aromatic heterocycles. The first-order chi connectivity index (χ1) is 9.62. The van der Waals surface area contributed by atoms with E-state index in [4.69, 9.17) is 0 Å². The molecule has 3 heteroatoms. The van der Waals surface area contributed by atoms with Crippen LogP contribution in [0.2, 0.25) is 0 Å². The molecule has 1 fully saturated rings. The second-order valence-electron chi connectivity index (χ2n) is 6.58. The Morgan fingerprint density at radius 1 is 1.20 bits per heavy atom. The summed E-state index contributed by atoms with van der Waals surface area (Å²) in [6.45, 7) is 4.75. The molecule has 0 bridgehead atoms. The van der Waals surface area contributed by atoms with E-state index in [0.717, 1.165) is 5.69 Å². The highest BCUT2D eigenvalue weighted by Gasteiger charge is 2.26. The Labute approximate surface area is 121 Å². The van der Waals surface area contributed by atoms with Crippen LogP contribution in [0, 0.1) is 5.41 Å². The molecule has 2 aromatic rings. The highest BCUT2D eigenvalue weighted by atomic mass is 15.3. The third-order valence-corrected chi connectivity index (χ3v) is 4.33. The second kappa shape index (κ2) is 5.31. The molecule has 1 aliphatic carbocycles. The fraction of sp³-hybridized carbons (Fsp3) is 0.471. The molecular weight excluding hydrogens is 246 g/mol. The van der Waals surface area contributed by atoms with Gasteiger partial charge >= 0.3 is 0 Å². The van der Waals surface area contributed by atoms with Crippen molar-refractivity contribution >= 4 is 5.69 Å². The Kier molecular flexibility index (Phi) is 3.51. The number of hydrogen-bond donors (Lipinski definition) is 1. The van der Waals surface area contributed by atoms with Crippen molar-refractivity contribution in [3.05, 3.63) is 42.7 Å². The van der Waals surface area contributed by atoms with Gasteiger partial charge in [0.15, 0.2) is 0 Å². The topological polar surface area (TPSA) is 29.9 Å². The van der Waals surface area contributed by atoms with E-state index >= 15 is 0 Å². The van der Waals surface area contributed by atoms with Crippen LogP contribution >= 0.6 is 0 Å². The van der Waals surface area contributed by atoms with Crippen molar-refractivity contribution in [3.63, 3.8) is 0 Å². The van der Waals surface area contributed by atoms with Gasteiger partial charge in [0, 0.05) is 24.1 Å². The van der Waals surface area contributed by atoms with Gasteiger partial charge in [-0.2, -0.15) is 5.10 Å². The summed E-state index contributed by atoms with van der Waals surface area (Å²) in [6.07, 6.45) is 8.93. The SMILES string of the molecule is CC1(C)CCC(Nc2cccc(-n3cccn3)c2)CC1. The average Bonchev–Trinajstić information content (AvgIpc) is 2.96. The van der Waals surface area contributed by atoms with E-state index in [2.05, 4.69) is 48.5 Å². The molecule has 1 N–H and O–H groups in total. The predicted octanol–water partition coefficient (Wildman–Crippen LogP) is 4.25. The van der Waals surface area contributed by atoms with Crippen molar-refractivity contribution in [3.8, 4) is 5.69 Å². The van der Waals surface area contributed by atoms with Gasteiger partial charge in [-0.15, -0.1) is 0 Å². The summed E-state index contributed by atoms with van der Waals surface area (Å²) in [5.74, 6) is 0. The summed E-state index contributed by atoms with van der Waals surface area (Å²) in [7, 11) is 0. The van der Waals surface area contributed by atoms with Gasteiger partial charge in [0.2, 0.25) is 0 Å². The van der Waals surface area contributed by atoms with Gasteiger partial charge in [0.05, 0.1) is 5.69 Å². The Morgan fingerprint density at radius 3 is 2.70 bits per heavy atom. The summed E-state index contributed by atoms with van der Waals surface area (Å²) >= 11 is 0. The lowest BCUT2D eigenvalue weighted by Gasteiger charge is -2.35. The first-order valence-corrected chi connectivity index (χ1v) is 7.49. The van der Waals surface area contributed by atoms with Gasteiger partial charge in [0.25, 0.3) is 0 Å². The third-order valence-electron chi connectivity index (χ3n) is 4.33. The normalized spacial score (nSPS) is 18.9. The number of nitrogens with one attached hydrogen (secondary N) is 1. The molecular formula is C17H23N3. The zero-order chi connectivity index (χ0) is 14.0. The Balaban J connectivity index is 1.68. The van der Waals surface area contributed by atoms with Crippen LogP contribution in [0.1, 0.15) is 39.5 Å². The number of nitrogens with zero attached hydrogens (tertiary/aromatic N) is 2. The van der Waals surface area contributed by atoms with Crippen LogP contribution in [-0.2, 0) is 0 Å². The van der Waals surface area contributed by atoms with E-state index in [0.29, 0.717) is 11.5 Å². The quantitative estimate of drug-likeness (QED) is 0.902. The molecule has 0 saturated heterocycles. The largest absolute Gasteiger partial charge is 0.382 e.